The lowest BCUT2D eigenvalue weighted by molar-refractivity contribution is -0.0880. The Morgan fingerprint density at radius 2 is 2.32 bits per heavy atom. The molecule has 1 aliphatic heterocycles. The summed E-state index contributed by atoms with van der Waals surface area (Å²) < 4.78 is 27.1. The Balaban J connectivity index is 1.93. The molecule has 0 aromatic carbocycles. The number of aliphatic hydroxyl groups is 1. The molecule has 2 aromatic heterocycles. The van der Waals surface area contributed by atoms with Crippen LogP contribution in [0.25, 0.3) is 11.0 Å². The molecule has 3 heterocycles. The minimum atomic E-state index is -2.83. The van der Waals surface area contributed by atoms with E-state index in [1.54, 1.807) is 11.1 Å². The molecule has 0 radical (unpaired) electrons. The maximum Gasteiger partial charge on any atom is 0.256 e. The number of aliphatic hydroxyl groups excluding tert-OH is 1. The van der Waals surface area contributed by atoms with Gasteiger partial charge in [-0.3, -0.25) is 5.10 Å². The summed E-state index contributed by atoms with van der Waals surface area (Å²) in [5, 5.41) is 16.4. The molecule has 3 rings (SSSR count). The summed E-state index contributed by atoms with van der Waals surface area (Å²) in [5.41, 5.74) is 0.572. The van der Waals surface area contributed by atoms with Crippen LogP contribution in [-0.2, 0) is 0 Å². The van der Waals surface area contributed by atoms with Crippen LogP contribution in [0.2, 0.25) is 0 Å². The average Bonchev–Trinajstić information content (AvgIpc) is 2.86. The van der Waals surface area contributed by atoms with E-state index in [4.69, 9.17) is 5.11 Å². The highest BCUT2D eigenvalue weighted by molar-refractivity contribution is 5.86. The van der Waals surface area contributed by atoms with E-state index in [2.05, 4.69) is 20.2 Å². The maximum atomic E-state index is 13.6. The van der Waals surface area contributed by atoms with Gasteiger partial charge in [-0.05, 0) is 0 Å². The topological polar surface area (TPSA) is 77.9 Å². The van der Waals surface area contributed by atoms with E-state index in [-0.39, 0.29) is 19.5 Å². The Labute approximate surface area is 107 Å². The number of piperidine rings is 1. The highest BCUT2D eigenvalue weighted by atomic mass is 19.3. The van der Waals surface area contributed by atoms with Crippen molar-refractivity contribution < 1.29 is 13.9 Å². The Morgan fingerprint density at radius 3 is 3.11 bits per heavy atom. The SMILES string of the molecule is OCC1CN(c2ncnc3[nH]ncc23)CCC1(F)F. The van der Waals surface area contributed by atoms with Gasteiger partial charge in [0.05, 0.1) is 24.1 Å². The number of hydrogen-bond acceptors (Lipinski definition) is 5. The van der Waals surface area contributed by atoms with Gasteiger partial charge in [0.25, 0.3) is 5.92 Å². The Kier molecular flexibility index (Phi) is 2.81. The first-order valence-corrected chi connectivity index (χ1v) is 5.99. The lowest BCUT2D eigenvalue weighted by atomic mass is 9.94. The van der Waals surface area contributed by atoms with Gasteiger partial charge in [0.2, 0.25) is 0 Å². The fourth-order valence-corrected chi connectivity index (χ4v) is 2.37. The van der Waals surface area contributed by atoms with Gasteiger partial charge in [0, 0.05) is 19.5 Å². The van der Waals surface area contributed by atoms with Crippen LogP contribution in [0.3, 0.4) is 0 Å². The summed E-state index contributed by atoms with van der Waals surface area (Å²) >= 11 is 0. The van der Waals surface area contributed by atoms with Crippen LogP contribution >= 0.6 is 0 Å². The molecule has 0 bridgehead atoms. The third-order valence-corrected chi connectivity index (χ3v) is 3.50. The summed E-state index contributed by atoms with van der Waals surface area (Å²) in [6.07, 6.45) is 2.66. The highest BCUT2D eigenvalue weighted by Crippen LogP contribution is 2.35. The van der Waals surface area contributed by atoms with Crippen molar-refractivity contribution in [1.29, 1.82) is 0 Å². The van der Waals surface area contributed by atoms with Crippen molar-refractivity contribution >= 4 is 16.9 Å². The first-order valence-electron chi connectivity index (χ1n) is 5.99. The summed E-state index contributed by atoms with van der Waals surface area (Å²) in [4.78, 5) is 9.91. The molecule has 1 aliphatic rings. The number of H-pyrrole nitrogens is 1. The lowest BCUT2D eigenvalue weighted by Gasteiger charge is -2.38. The second-order valence-electron chi connectivity index (χ2n) is 4.67. The van der Waals surface area contributed by atoms with Gasteiger partial charge >= 0.3 is 0 Å². The summed E-state index contributed by atoms with van der Waals surface area (Å²) in [7, 11) is 0. The van der Waals surface area contributed by atoms with E-state index in [1.165, 1.54) is 6.33 Å². The number of aromatic amines is 1. The second kappa shape index (κ2) is 4.37. The fourth-order valence-electron chi connectivity index (χ4n) is 2.37. The van der Waals surface area contributed by atoms with Gasteiger partial charge < -0.3 is 10.0 Å². The third kappa shape index (κ3) is 2.01. The molecule has 8 heteroatoms. The minimum absolute atomic E-state index is 0.0702. The number of alkyl halides is 2. The molecule has 0 aliphatic carbocycles. The van der Waals surface area contributed by atoms with Crippen molar-refractivity contribution in [2.24, 2.45) is 5.92 Å². The second-order valence-corrected chi connectivity index (χ2v) is 4.67. The first kappa shape index (κ1) is 12.2. The van der Waals surface area contributed by atoms with Crippen LogP contribution in [-0.4, -0.2) is 50.9 Å². The van der Waals surface area contributed by atoms with E-state index in [9.17, 15) is 8.78 Å². The molecule has 2 aromatic rings. The zero-order valence-electron chi connectivity index (χ0n) is 10.1. The van der Waals surface area contributed by atoms with Crippen molar-refractivity contribution in [3.05, 3.63) is 12.5 Å². The van der Waals surface area contributed by atoms with Crippen molar-refractivity contribution in [2.75, 3.05) is 24.6 Å². The zero-order chi connectivity index (χ0) is 13.5. The number of hydrogen-bond donors (Lipinski definition) is 2. The number of rotatable bonds is 2. The molecular weight excluding hydrogens is 256 g/mol. The van der Waals surface area contributed by atoms with Gasteiger partial charge in [-0.25, -0.2) is 18.7 Å². The quantitative estimate of drug-likeness (QED) is 0.843. The highest BCUT2D eigenvalue weighted by Gasteiger charge is 2.44. The number of nitrogens with zero attached hydrogens (tertiary/aromatic N) is 4. The summed E-state index contributed by atoms with van der Waals surface area (Å²) in [6, 6.07) is 0. The van der Waals surface area contributed by atoms with Crippen LogP contribution < -0.4 is 4.90 Å². The summed E-state index contributed by atoms with van der Waals surface area (Å²) in [5.74, 6) is -3.32. The normalized spacial score (nSPS) is 22.9. The van der Waals surface area contributed by atoms with E-state index in [0.717, 1.165) is 0 Å². The van der Waals surface area contributed by atoms with Crippen LogP contribution in [0.1, 0.15) is 6.42 Å². The Hall–Kier alpha value is -1.83. The lowest BCUT2D eigenvalue weighted by Crippen LogP contribution is -2.49. The Morgan fingerprint density at radius 1 is 1.47 bits per heavy atom. The number of fused-ring (bicyclic) bond motifs is 1. The predicted octanol–water partition coefficient (Wildman–Crippen LogP) is 0.807. The third-order valence-electron chi connectivity index (χ3n) is 3.50. The molecule has 1 unspecified atom stereocenters. The van der Waals surface area contributed by atoms with Gasteiger partial charge in [0.15, 0.2) is 5.65 Å². The molecule has 0 saturated carbocycles. The minimum Gasteiger partial charge on any atom is -0.396 e. The molecule has 1 fully saturated rings. The predicted molar refractivity (Wildman–Crippen MR) is 64.0 cm³/mol. The van der Waals surface area contributed by atoms with Crippen molar-refractivity contribution in [2.45, 2.75) is 12.3 Å². The van der Waals surface area contributed by atoms with Gasteiger partial charge in [-0.15, -0.1) is 0 Å². The first-order chi connectivity index (χ1) is 9.12. The molecule has 0 amide bonds. The monoisotopic (exact) mass is 269 g/mol. The van der Waals surface area contributed by atoms with Crippen LogP contribution in [0.5, 0.6) is 0 Å². The van der Waals surface area contributed by atoms with Crippen LogP contribution in [0, 0.1) is 5.92 Å². The number of nitrogens with one attached hydrogen (secondary N) is 1. The van der Waals surface area contributed by atoms with E-state index < -0.39 is 18.4 Å². The van der Waals surface area contributed by atoms with E-state index >= 15 is 0 Å². The van der Waals surface area contributed by atoms with Gasteiger partial charge in [-0.1, -0.05) is 0 Å². The zero-order valence-corrected chi connectivity index (χ0v) is 10.1. The number of halogens is 2. The smallest absolute Gasteiger partial charge is 0.256 e. The van der Waals surface area contributed by atoms with Crippen LogP contribution in [0.4, 0.5) is 14.6 Å². The van der Waals surface area contributed by atoms with E-state index in [0.29, 0.717) is 16.9 Å². The molecular formula is C11H13F2N5O. The Bertz CT molecular complexity index is 587. The van der Waals surface area contributed by atoms with Crippen LogP contribution in [0.15, 0.2) is 12.5 Å². The van der Waals surface area contributed by atoms with E-state index in [1.807, 2.05) is 0 Å². The molecule has 1 saturated heterocycles. The van der Waals surface area contributed by atoms with Gasteiger partial charge in [-0.2, -0.15) is 5.10 Å². The maximum absolute atomic E-state index is 13.6. The van der Waals surface area contributed by atoms with Crippen molar-refractivity contribution in [3.8, 4) is 0 Å². The molecule has 19 heavy (non-hydrogen) atoms. The standard InChI is InChI=1S/C11H13F2N5O/c12-11(13)1-2-18(4-7(11)5-19)10-8-3-16-17-9(8)14-6-15-10/h3,6-7,19H,1-2,4-5H2,(H,14,15,16,17). The number of anilines is 1. The molecule has 102 valence electrons. The molecule has 6 nitrogen and oxygen atoms in total. The molecule has 0 spiro atoms. The molecule has 1 atom stereocenters. The average molecular weight is 269 g/mol. The summed E-state index contributed by atoms with van der Waals surface area (Å²) in [6.45, 7) is -0.273. The largest absolute Gasteiger partial charge is 0.396 e. The number of aromatic nitrogens is 4. The fraction of sp³-hybridized carbons (Fsp3) is 0.545. The molecule has 2 N–H and O–H groups in total. The van der Waals surface area contributed by atoms with Gasteiger partial charge in [0.1, 0.15) is 12.1 Å². The van der Waals surface area contributed by atoms with Crippen molar-refractivity contribution in [1.82, 2.24) is 20.2 Å². The van der Waals surface area contributed by atoms with Crippen molar-refractivity contribution in [3.63, 3.8) is 0 Å².